The van der Waals surface area contributed by atoms with Crippen LogP contribution in [-0.4, -0.2) is 97.4 Å². The third-order valence-electron chi connectivity index (χ3n) is 9.27. The maximum Gasteiger partial charge on any atom is 0.240 e. The molecule has 12 heteroatoms. The van der Waals surface area contributed by atoms with Gasteiger partial charge in [0.2, 0.25) is 17.7 Å². The van der Waals surface area contributed by atoms with E-state index in [0.717, 1.165) is 40.9 Å². The number of hydrogen-bond donors (Lipinski definition) is 5. The van der Waals surface area contributed by atoms with Gasteiger partial charge in [0.25, 0.3) is 0 Å². The molecule has 264 valence electrons. The van der Waals surface area contributed by atoms with Gasteiger partial charge in [0.1, 0.15) is 12.0 Å². The number of para-hydroxylation sites is 1. The Labute approximate surface area is 293 Å². The van der Waals surface area contributed by atoms with E-state index in [0.29, 0.717) is 45.4 Å². The quantitative estimate of drug-likeness (QED) is 0.0819. The van der Waals surface area contributed by atoms with Crippen molar-refractivity contribution in [3.05, 3.63) is 102 Å². The van der Waals surface area contributed by atoms with Crippen molar-refractivity contribution in [2.45, 2.75) is 43.9 Å². The fraction of sp³-hybridized carbons (Fsp3) is 0.368. The summed E-state index contributed by atoms with van der Waals surface area (Å²) in [6, 6.07) is 20.5. The fourth-order valence-electron chi connectivity index (χ4n) is 6.89. The number of rotatable bonds is 17. The van der Waals surface area contributed by atoms with Gasteiger partial charge in [-0.1, -0.05) is 48.5 Å². The second-order valence-corrected chi connectivity index (χ2v) is 12.9. The number of nitrogens with zero attached hydrogens (tertiary/aromatic N) is 3. The highest BCUT2D eigenvalue weighted by molar-refractivity contribution is 5.90. The van der Waals surface area contributed by atoms with Gasteiger partial charge < -0.3 is 36.1 Å². The van der Waals surface area contributed by atoms with Crippen molar-refractivity contribution in [3.63, 3.8) is 0 Å². The number of nitrogens with one attached hydrogen (secondary N) is 3. The highest BCUT2D eigenvalue weighted by Gasteiger charge is 2.37. The third kappa shape index (κ3) is 9.14. The average molecular weight is 682 g/mol. The number of piperazine rings is 1. The number of benzene rings is 3. The molecule has 2 aliphatic rings. The summed E-state index contributed by atoms with van der Waals surface area (Å²) in [7, 11) is 2.07. The molecule has 0 saturated carbocycles. The van der Waals surface area contributed by atoms with Gasteiger partial charge in [0.15, 0.2) is 0 Å². The van der Waals surface area contributed by atoms with Crippen LogP contribution in [0.1, 0.15) is 41.0 Å². The van der Waals surface area contributed by atoms with E-state index in [1.54, 1.807) is 18.2 Å². The van der Waals surface area contributed by atoms with E-state index in [1.165, 1.54) is 5.56 Å². The van der Waals surface area contributed by atoms with Gasteiger partial charge >= 0.3 is 0 Å². The van der Waals surface area contributed by atoms with Crippen LogP contribution < -0.4 is 26.6 Å². The highest BCUT2D eigenvalue weighted by atomic mass is 16.3. The third-order valence-corrected chi connectivity index (χ3v) is 9.27. The summed E-state index contributed by atoms with van der Waals surface area (Å²) in [4.78, 5) is 55.0. The lowest BCUT2D eigenvalue weighted by atomic mass is 9.91. The van der Waals surface area contributed by atoms with Crippen LogP contribution in [0.3, 0.4) is 0 Å². The average Bonchev–Trinajstić information content (AvgIpc) is 3.44. The number of carbonyl (C=O) groups excluding carboxylic acids is 4. The fourth-order valence-corrected chi connectivity index (χ4v) is 6.89. The Morgan fingerprint density at radius 1 is 1.08 bits per heavy atom. The number of primary amides is 1. The topological polar surface area (TPSA) is 160 Å². The molecule has 3 amide bonds. The standard InChI is InChI=1S/C38H47N7O5/c1-3-18-44(19-20-46)35-25-45(38(50)33(42-35)21-26-9-15-30(47)16-10-26)23-28-6-4-7-31-32(24-43(2)37(28)31)27-11-13-29(14-12-27)41-36(49)8-5-17-40-22-34(39)48/h3-4,6-7,9-16,20,32-33,35,40,42,47H,1,5,8,17-19,21-25H2,2H3,(H2,39,48)(H,41,49)/t32?,33-,35-/m0/s1. The largest absolute Gasteiger partial charge is 0.508 e. The SMILES string of the molecule is C=CCN(CC=O)[C@H]1CN(Cc2cccc3c2N(C)CC3c2ccc(NC(=O)CCCNCC(N)=O)cc2)C(=O)[C@H](Cc2ccc(O)cc2)N1. The van der Waals surface area contributed by atoms with Crippen LogP contribution in [0.4, 0.5) is 11.4 Å². The normalized spacial score (nSPS) is 18.6. The van der Waals surface area contributed by atoms with Crippen LogP contribution in [0.15, 0.2) is 79.4 Å². The lowest BCUT2D eigenvalue weighted by molar-refractivity contribution is -0.140. The van der Waals surface area contributed by atoms with Crippen molar-refractivity contribution in [1.82, 2.24) is 20.4 Å². The first-order chi connectivity index (χ1) is 24.2. The van der Waals surface area contributed by atoms with Crippen molar-refractivity contribution in [1.29, 1.82) is 0 Å². The molecule has 5 rings (SSSR count). The Morgan fingerprint density at radius 3 is 2.54 bits per heavy atom. The number of amides is 3. The minimum Gasteiger partial charge on any atom is -0.508 e. The first kappa shape index (κ1) is 36.2. The van der Waals surface area contributed by atoms with Gasteiger partial charge in [0, 0.05) is 56.9 Å². The monoisotopic (exact) mass is 681 g/mol. The van der Waals surface area contributed by atoms with Crippen LogP contribution in [-0.2, 0) is 32.1 Å². The summed E-state index contributed by atoms with van der Waals surface area (Å²) in [5.74, 6) is -0.261. The van der Waals surface area contributed by atoms with Crippen molar-refractivity contribution >= 4 is 35.4 Å². The molecule has 1 fully saturated rings. The van der Waals surface area contributed by atoms with Crippen LogP contribution in [0, 0.1) is 0 Å². The second-order valence-electron chi connectivity index (χ2n) is 12.9. The second kappa shape index (κ2) is 17.1. The zero-order chi connectivity index (χ0) is 35.6. The maximum absolute atomic E-state index is 14.0. The number of nitrogens with two attached hydrogens (primary N) is 1. The van der Waals surface area contributed by atoms with Gasteiger partial charge in [-0.2, -0.15) is 0 Å². The molecule has 1 saturated heterocycles. The number of phenols is 1. The number of anilines is 2. The van der Waals surface area contributed by atoms with Crippen molar-refractivity contribution < 1.29 is 24.3 Å². The van der Waals surface area contributed by atoms with Crippen LogP contribution >= 0.6 is 0 Å². The Kier molecular flexibility index (Phi) is 12.4. The molecule has 0 bridgehead atoms. The maximum atomic E-state index is 14.0. The van der Waals surface area contributed by atoms with E-state index < -0.39 is 11.9 Å². The van der Waals surface area contributed by atoms with Gasteiger partial charge in [-0.3, -0.25) is 24.6 Å². The zero-order valence-corrected chi connectivity index (χ0v) is 28.5. The van der Waals surface area contributed by atoms with Crippen molar-refractivity contribution in [2.75, 3.05) is 56.5 Å². The first-order valence-electron chi connectivity index (χ1n) is 17.0. The smallest absolute Gasteiger partial charge is 0.240 e. The summed E-state index contributed by atoms with van der Waals surface area (Å²) >= 11 is 0. The summed E-state index contributed by atoms with van der Waals surface area (Å²) in [5.41, 5.74) is 11.2. The number of phenolic OH excluding ortho intramolecular Hbond substituents is 1. The summed E-state index contributed by atoms with van der Waals surface area (Å²) in [5, 5.41) is 19.1. The predicted molar refractivity (Wildman–Crippen MR) is 194 cm³/mol. The molecule has 6 N–H and O–H groups in total. The van der Waals surface area contributed by atoms with E-state index >= 15 is 0 Å². The lowest BCUT2D eigenvalue weighted by Crippen LogP contribution is -2.65. The molecule has 50 heavy (non-hydrogen) atoms. The summed E-state index contributed by atoms with van der Waals surface area (Å²) in [6.07, 6.45) is 3.74. The number of fused-ring (bicyclic) bond motifs is 1. The van der Waals surface area contributed by atoms with Gasteiger partial charge in [-0.05, 0) is 65.9 Å². The first-order valence-corrected chi connectivity index (χ1v) is 17.0. The lowest BCUT2D eigenvalue weighted by Gasteiger charge is -2.43. The summed E-state index contributed by atoms with van der Waals surface area (Å²) in [6.45, 7) is 6.78. The Morgan fingerprint density at radius 2 is 1.84 bits per heavy atom. The molecule has 0 aromatic heterocycles. The Balaban J connectivity index is 1.30. The summed E-state index contributed by atoms with van der Waals surface area (Å²) < 4.78 is 0. The predicted octanol–water partition coefficient (Wildman–Crippen LogP) is 2.32. The van der Waals surface area contributed by atoms with Crippen LogP contribution in [0.2, 0.25) is 0 Å². The van der Waals surface area contributed by atoms with Crippen LogP contribution in [0.5, 0.6) is 5.75 Å². The van der Waals surface area contributed by atoms with E-state index in [1.807, 2.05) is 52.3 Å². The molecule has 3 aromatic carbocycles. The number of hydrogen-bond acceptors (Lipinski definition) is 9. The van der Waals surface area contributed by atoms with E-state index in [-0.39, 0.29) is 42.7 Å². The molecule has 0 aliphatic carbocycles. The zero-order valence-electron chi connectivity index (χ0n) is 28.5. The van der Waals surface area contributed by atoms with E-state index in [4.69, 9.17) is 5.73 Å². The van der Waals surface area contributed by atoms with E-state index in [9.17, 15) is 24.3 Å². The molecule has 1 unspecified atom stereocenters. The van der Waals surface area contributed by atoms with Crippen molar-refractivity contribution in [3.8, 4) is 5.75 Å². The molecular formula is C38H47N7O5. The van der Waals surface area contributed by atoms with Crippen LogP contribution in [0.25, 0.3) is 0 Å². The number of carbonyl (C=O) groups is 4. The van der Waals surface area contributed by atoms with Crippen molar-refractivity contribution in [2.24, 2.45) is 5.73 Å². The van der Waals surface area contributed by atoms with E-state index in [2.05, 4.69) is 46.6 Å². The molecule has 2 heterocycles. The number of aldehydes is 1. The van der Waals surface area contributed by atoms with Gasteiger partial charge in [-0.25, -0.2) is 0 Å². The number of aromatic hydroxyl groups is 1. The molecule has 2 aliphatic heterocycles. The minimum absolute atomic E-state index is 0.0201. The van der Waals surface area contributed by atoms with Gasteiger partial charge in [-0.15, -0.1) is 6.58 Å². The molecule has 3 atom stereocenters. The molecular weight excluding hydrogens is 634 g/mol. The Bertz CT molecular complexity index is 1650. The van der Waals surface area contributed by atoms with Gasteiger partial charge in [0.05, 0.1) is 25.3 Å². The molecule has 3 aromatic rings. The molecule has 12 nitrogen and oxygen atoms in total. The highest BCUT2D eigenvalue weighted by Crippen LogP contribution is 2.42. The molecule has 0 radical (unpaired) electrons. The Hall–Kier alpha value is -5.04. The minimum atomic E-state index is -0.517. The number of likely N-dealkylation sites (N-methyl/N-ethyl adjacent to an activating group) is 1. The molecule has 0 spiro atoms.